The minimum Gasteiger partial charge on any atom is -0.256 e. The molecule has 0 radical (unpaired) electrons. The monoisotopic (exact) mass is 502 g/mol. The van der Waals surface area contributed by atoms with Gasteiger partial charge in [0.05, 0.1) is 5.69 Å². The predicted molar refractivity (Wildman–Crippen MR) is 157 cm³/mol. The van der Waals surface area contributed by atoms with Crippen LogP contribution in [0.2, 0.25) is 0 Å². The lowest BCUT2D eigenvalue weighted by molar-refractivity contribution is 0.660. The molecule has 0 saturated heterocycles. The number of benzene rings is 4. The highest BCUT2D eigenvalue weighted by Crippen LogP contribution is 2.51. The summed E-state index contributed by atoms with van der Waals surface area (Å²) >= 11 is 0. The van der Waals surface area contributed by atoms with Crippen molar-refractivity contribution in [2.75, 3.05) is 0 Å². The molecule has 7 rings (SSSR count). The molecule has 39 heavy (non-hydrogen) atoms. The summed E-state index contributed by atoms with van der Waals surface area (Å²) in [5.41, 5.74) is 9.89. The minimum atomic E-state index is -0.0959. The van der Waals surface area contributed by atoms with E-state index in [0.29, 0.717) is 17.5 Å². The molecule has 0 fully saturated rings. The zero-order chi connectivity index (χ0) is 26.4. The van der Waals surface area contributed by atoms with Crippen LogP contribution in [0.4, 0.5) is 0 Å². The van der Waals surface area contributed by atoms with Gasteiger partial charge in [0.25, 0.3) is 0 Å². The van der Waals surface area contributed by atoms with Crippen LogP contribution in [0.3, 0.4) is 0 Å². The summed E-state index contributed by atoms with van der Waals surface area (Å²) in [6, 6.07) is 39.5. The van der Waals surface area contributed by atoms with Crippen molar-refractivity contribution in [1.82, 2.24) is 19.9 Å². The van der Waals surface area contributed by atoms with Crippen LogP contribution in [0, 0.1) is 0 Å². The fraction of sp³-hybridized carbons (Fsp3) is 0.0857. The van der Waals surface area contributed by atoms with Crippen LogP contribution in [-0.2, 0) is 5.41 Å². The molecular weight excluding hydrogens is 476 g/mol. The maximum absolute atomic E-state index is 5.06. The Morgan fingerprint density at radius 2 is 1.05 bits per heavy atom. The smallest absolute Gasteiger partial charge is 0.164 e. The SMILES string of the molecule is CC1(C)c2ccccc2-c2c(-c3nc(-c4ccccc4)nc(-c4ccc(-c5ccccn5)cc4)n3)cccc21. The van der Waals surface area contributed by atoms with Crippen LogP contribution in [0.1, 0.15) is 25.0 Å². The topological polar surface area (TPSA) is 51.6 Å². The van der Waals surface area contributed by atoms with E-state index < -0.39 is 0 Å². The van der Waals surface area contributed by atoms with Crippen molar-refractivity contribution in [3.63, 3.8) is 0 Å². The highest BCUT2D eigenvalue weighted by molar-refractivity contribution is 5.91. The number of hydrogen-bond acceptors (Lipinski definition) is 4. The van der Waals surface area contributed by atoms with Gasteiger partial charge >= 0.3 is 0 Å². The number of nitrogens with zero attached hydrogens (tertiary/aromatic N) is 4. The maximum Gasteiger partial charge on any atom is 0.164 e. The van der Waals surface area contributed by atoms with Crippen molar-refractivity contribution in [2.45, 2.75) is 19.3 Å². The Hall–Kier alpha value is -4.96. The number of hydrogen-bond donors (Lipinski definition) is 0. The van der Waals surface area contributed by atoms with Gasteiger partial charge in [0.2, 0.25) is 0 Å². The second kappa shape index (κ2) is 9.10. The van der Waals surface area contributed by atoms with Gasteiger partial charge in [-0.1, -0.05) is 117 Å². The van der Waals surface area contributed by atoms with Gasteiger partial charge < -0.3 is 0 Å². The Kier molecular flexibility index (Phi) is 5.41. The lowest BCUT2D eigenvalue weighted by Gasteiger charge is -2.21. The van der Waals surface area contributed by atoms with Crippen LogP contribution < -0.4 is 0 Å². The van der Waals surface area contributed by atoms with Gasteiger partial charge in [-0.15, -0.1) is 0 Å². The molecule has 4 heteroatoms. The van der Waals surface area contributed by atoms with Gasteiger partial charge in [0.1, 0.15) is 0 Å². The number of fused-ring (bicyclic) bond motifs is 3. The fourth-order valence-corrected chi connectivity index (χ4v) is 5.61. The second-order valence-corrected chi connectivity index (χ2v) is 10.4. The van der Waals surface area contributed by atoms with Crippen molar-refractivity contribution in [3.8, 4) is 56.5 Å². The molecule has 0 amide bonds. The lowest BCUT2D eigenvalue weighted by Crippen LogP contribution is -2.14. The number of rotatable bonds is 4. The summed E-state index contributed by atoms with van der Waals surface area (Å²) in [5, 5.41) is 0. The van der Waals surface area contributed by atoms with Crippen LogP contribution >= 0.6 is 0 Å². The first-order chi connectivity index (χ1) is 19.1. The summed E-state index contributed by atoms with van der Waals surface area (Å²) < 4.78 is 0. The van der Waals surface area contributed by atoms with Crippen LogP contribution in [0.25, 0.3) is 56.5 Å². The number of aromatic nitrogens is 4. The van der Waals surface area contributed by atoms with Gasteiger partial charge in [-0.3, -0.25) is 4.98 Å². The van der Waals surface area contributed by atoms with Crippen molar-refractivity contribution < 1.29 is 0 Å². The fourth-order valence-electron chi connectivity index (χ4n) is 5.61. The van der Waals surface area contributed by atoms with E-state index in [1.807, 2.05) is 54.7 Å². The molecule has 4 aromatic carbocycles. The average molecular weight is 503 g/mol. The summed E-state index contributed by atoms with van der Waals surface area (Å²) in [7, 11) is 0. The van der Waals surface area contributed by atoms with Gasteiger partial charge in [0, 0.05) is 33.9 Å². The van der Waals surface area contributed by atoms with Crippen molar-refractivity contribution in [1.29, 1.82) is 0 Å². The maximum atomic E-state index is 5.06. The van der Waals surface area contributed by atoms with E-state index in [4.69, 9.17) is 15.0 Å². The molecule has 0 unspecified atom stereocenters. The van der Waals surface area contributed by atoms with Crippen LogP contribution in [0.15, 0.2) is 121 Å². The van der Waals surface area contributed by atoms with E-state index in [-0.39, 0.29) is 5.41 Å². The third-order valence-electron chi connectivity index (χ3n) is 7.62. The molecule has 1 aliphatic rings. The Morgan fingerprint density at radius 1 is 0.462 bits per heavy atom. The lowest BCUT2D eigenvalue weighted by atomic mass is 9.82. The van der Waals surface area contributed by atoms with E-state index in [1.54, 1.807) is 0 Å². The third kappa shape index (κ3) is 3.93. The van der Waals surface area contributed by atoms with Gasteiger partial charge in [0.15, 0.2) is 17.5 Å². The Morgan fingerprint density at radius 3 is 1.79 bits per heavy atom. The third-order valence-corrected chi connectivity index (χ3v) is 7.62. The van der Waals surface area contributed by atoms with Crippen molar-refractivity contribution in [3.05, 3.63) is 133 Å². The molecule has 0 aliphatic heterocycles. The zero-order valence-corrected chi connectivity index (χ0v) is 21.8. The van der Waals surface area contributed by atoms with E-state index in [1.165, 1.54) is 22.3 Å². The van der Waals surface area contributed by atoms with Gasteiger partial charge in [-0.2, -0.15) is 0 Å². The molecular formula is C35H26N4. The molecule has 2 heterocycles. The summed E-state index contributed by atoms with van der Waals surface area (Å²) in [6.07, 6.45) is 1.81. The van der Waals surface area contributed by atoms with E-state index >= 15 is 0 Å². The molecule has 2 aromatic heterocycles. The summed E-state index contributed by atoms with van der Waals surface area (Å²) in [5.74, 6) is 1.99. The first-order valence-electron chi connectivity index (χ1n) is 13.2. The highest BCUT2D eigenvalue weighted by atomic mass is 15.0. The van der Waals surface area contributed by atoms with Gasteiger partial charge in [-0.05, 0) is 34.4 Å². The molecule has 0 saturated carbocycles. The zero-order valence-electron chi connectivity index (χ0n) is 21.8. The van der Waals surface area contributed by atoms with Crippen molar-refractivity contribution in [2.24, 2.45) is 0 Å². The molecule has 1 aliphatic carbocycles. The summed E-state index contributed by atoms with van der Waals surface area (Å²) in [6.45, 7) is 4.58. The van der Waals surface area contributed by atoms with Crippen molar-refractivity contribution >= 4 is 0 Å². The minimum absolute atomic E-state index is 0.0959. The quantitative estimate of drug-likeness (QED) is 0.244. The van der Waals surface area contributed by atoms with E-state index in [0.717, 1.165) is 27.9 Å². The molecule has 186 valence electrons. The molecule has 0 bridgehead atoms. The highest BCUT2D eigenvalue weighted by Gasteiger charge is 2.37. The normalized spacial score (nSPS) is 13.1. The number of pyridine rings is 1. The van der Waals surface area contributed by atoms with E-state index in [2.05, 4.69) is 85.6 Å². The van der Waals surface area contributed by atoms with Crippen LogP contribution in [0.5, 0.6) is 0 Å². The molecule has 4 nitrogen and oxygen atoms in total. The van der Waals surface area contributed by atoms with Crippen LogP contribution in [-0.4, -0.2) is 19.9 Å². The first kappa shape index (κ1) is 23.2. The predicted octanol–water partition coefficient (Wildman–Crippen LogP) is 8.24. The Labute approximate surface area is 228 Å². The van der Waals surface area contributed by atoms with E-state index in [9.17, 15) is 0 Å². The molecule has 0 spiro atoms. The second-order valence-electron chi connectivity index (χ2n) is 10.4. The largest absolute Gasteiger partial charge is 0.256 e. The Balaban J connectivity index is 1.42. The van der Waals surface area contributed by atoms with Gasteiger partial charge in [-0.25, -0.2) is 15.0 Å². The molecule has 0 N–H and O–H groups in total. The first-order valence-corrected chi connectivity index (χ1v) is 13.2. The average Bonchev–Trinajstić information content (AvgIpc) is 3.24. The molecule has 6 aromatic rings. The summed E-state index contributed by atoms with van der Waals surface area (Å²) in [4.78, 5) is 19.5. The Bertz CT molecular complexity index is 1810. The standard InChI is InChI=1S/C35H26N4/c1-35(2)28-15-7-6-13-26(28)31-27(14-10-16-29(31)35)34-38-32(24-11-4-3-5-12-24)37-33(39-34)25-20-18-23(19-21-25)30-17-8-9-22-36-30/h3-22H,1-2H3. The molecule has 0 atom stereocenters.